The van der Waals surface area contributed by atoms with Crippen LogP contribution in [0.5, 0.6) is 5.75 Å². The summed E-state index contributed by atoms with van der Waals surface area (Å²) in [5.74, 6) is 2.54. The molecule has 5 heterocycles. The molecule has 0 aliphatic carbocycles. The Morgan fingerprint density at radius 3 is 2.62 bits per heavy atom. The van der Waals surface area contributed by atoms with E-state index in [1.807, 2.05) is 55.2 Å². The molecule has 1 aromatic carbocycles. The molecule has 1 aliphatic heterocycles. The van der Waals surface area contributed by atoms with Gasteiger partial charge in [0.15, 0.2) is 23.0 Å². The molecule has 2 N–H and O–H groups in total. The normalized spacial score (nSPS) is 15.7. The zero-order chi connectivity index (χ0) is 25.4. The number of hydrogen-bond donors (Lipinski definition) is 2. The number of rotatable bonds is 7. The number of anilines is 4. The van der Waals surface area contributed by atoms with Crippen LogP contribution in [0.3, 0.4) is 0 Å². The van der Waals surface area contributed by atoms with Gasteiger partial charge in [0.25, 0.3) is 0 Å². The smallest absolute Gasteiger partial charge is 0.184 e. The van der Waals surface area contributed by atoms with Gasteiger partial charge in [-0.2, -0.15) is 10.2 Å². The monoisotopic (exact) mass is 500 g/mol. The van der Waals surface area contributed by atoms with Crippen LogP contribution >= 0.6 is 0 Å². The van der Waals surface area contributed by atoms with E-state index in [1.54, 1.807) is 29.1 Å². The Labute approximate surface area is 213 Å². The van der Waals surface area contributed by atoms with Crippen molar-refractivity contribution in [1.29, 1.82) is 0 Å². The molecule has 0 spiro atoms. The average Bonchev–Trinajstić information content (AvgIpc) is 3.64. The van der Waals surface area contributed by atoms with Gasteiger partial charge in [-0.05, 0) is 31.4 Å². The fourth-order valence-corrected chi connectivity index (χ4v) is 4.57. The fourth-order valence-electron chi connectivity index (χ4n) is 4.57. The van der Waals surface area contributed by atoms with E-state index in [9.17, 15) is 0 Å². The second-order valence-corrected chi connectivity index (χ2v) is 8.95. The maximum Gasteiger partial charge on any atom is 0.184 e. The van der Waals surface area contributed by atoms with E-state index in [4.69, 9.17) is 19.4 Å². The number of aromatic nitrogens is 8. The minimum absolute atomic E-state index is 0.0997. The summed E-state index contributed by atoms with van der Waals surface area (Å²) in [5.41, 5.74) is 3.75. The van der Waals surface area contributed by atoms with Crippen molar-refractivity contribution >= 4 is 34.2 Å². The van der Waals surface area contributed by atoms with E-state index in [1.165, 1.54) is 0 Å². The Morgan fingerprint density at radius 2 is 1.89 bits per heavy atom. The summed E-state index contributed by atoms with van der Waals surface area (Å²) in [6.07, 6.45) is 8.33. The van der Waals surface area contributed by atoms with Crippen LogP contribution in [0.4, 0.5) is 23.0 Å². The number of hydrogen-bond acceptors (Lipinski definition) is 9. The van der Waals surface area contributed by atoms with Gasteiger partial charge in [-0.1, -0.05) is 6.07 Å². The Kier molecular flexibility index (Phi) is 5.93. The van der Waals surface area contributed by atoms with Gasteiger partial charge in [0, 0.05) is 39.0 Å². The minimum atomic E-state index is -0.0997. The van der Waals surface area contributed by atoms with Crippen molar-refractivity contribution in [1.82, 2.24) is 39.1 Å². The van der Waals surface area contributed by atoms with Gasteiger partial charge in [0.05, 0.1) is 30.4 Å². The third-order valence-electron chi connectivity index (χ3n) is 6.29. The maximum absolute atomic E-state index is 6.04. The van der Waals surface area contributed by atoms with E-state index in [0.717, 1.165) is 54.0 Å². The summed E-state index contributed by atoms with van der Waals surface area (Å²) in [5, 5.41) is 15.7. The van der Waals surface area contributed by atoms with Crippen molar-refractivity contribution < 1.29 is 9.47 Å². The third-order valence-corrected chi connectivity index (χ3v) is 6.29. The lowest BCUT2D eigenvalue weighted by molar-refractivity contribution is -0.0298. The highest BCUT2D eigenvalue weighted by molar-refractivity contribution is 5.92. The van der Waals surface area contributed by atoms with Crippen LogP contribution in [0.25, 0.3) is 22.6 Å². The molecule has 37 heavy (non-hydrogen) atoms. The summed E-state index contributed by atoms with van der Waals surface area (Å²) in [7, 11) is 5.35. The first kappa shape index (κ1) is 23.0. The van der Waals surface area contributed by atoms with Crippen LogP contribution in [0.15, 0.2) is 49.2 Å². The van der Waals surface area contributed by atoms with Crippen molar-refractivity contribution in [3.05, 3.63) is 49.2 Å². The standard InChI is InChI=1S/C25H28N10O2/c1-33-11-10-19(31-33)29-20-13-18(22-25(30-20)35(15-26-22)21-9-4-5-12-37-21)28-17-8-6-7-16(23(17)36-3)24-27-14-34(2)32-24/h6-8,10-11,13-15,21H,4-5,9,12H2,1-3H3,(H2,28,29,30,31). The van der Waals surface area contributed by atoms with E-state index < -0.39 is 0 Å². The van der Waals surface area contributed by atoms with Crippen LogP contribution in [0.2, 0.25) is 0 Å². The highest BCUT2D eigenvalue weighted by Crippen LogP contribution is 2.38. The number of aryl methyl sites for hydroxylation is 2. The van der Waals surface area contributed by atoms with E-state index >= 15 is 0 Å². The SMILES string of the molecule is COc1c(Nc2cc(Nc3ccn(C)n3)nc3c2ncn3C2CCCCO2)cccc1-c1ncn(C)n1. The molecule has 4 aromatic heterocycles. The number of fused-ring (bicyclic) bond motifs is 1. The van der Waals surface area contributed by atoms with Gasteiger partial charge in [-0.3, -0.25) is 13.9 Å². The van der Waals surface area contributed by atoms with Crippen molar-refractivity contribution in [2.45, 2.75) is 25.5 Å². The quantitative estimate of drug-likeness (QED) is 0.339. The summed E-state index contributed by atoms with van der Waals surface area (Å²) < 4.78 is 17.3. The number of nitrogens with zero attached hydrogens (tertiary/aromatic N) is 8. The average molecular weight is 501 g/mol. The molecule has 1 unspecified atom stereocenters. The zero-order valence-electron chi connectivity index (χ0n) is 20.9. The first-order chi connectivity index (χ1) is 18.1. The molecule has 0 bridgehead atoms. The van der Waals surface area contributed by atoms with Gasteiger partial charge in [0.1, 0.15) is 23.9 Å². The number of pyridine rings is 1. The molecule has 190 valence electrons. The molecular weight excluding hydrogens is 472 g/mol. The van der Waals surface area contributed by atoms with E-state index in [2.05, 4.69) is 25.8 Å². The van der Waals surface area contributed by atoms with E-state index in [-0.39, 0.29) is 6.23 Å². The second kappa shape index (κ2) is 9.54. The second-order valence-electron chi connectivity index (χ2n) is 8.95. The molecule has 1 aliphatic rings. The topological polar surface area (TPSA) is 122 Å². The van der Waals surface area contributed by atoms with Gasteiger partial charge in [-0.15, -0.1) is 0 Å². The van der Waals surface area contributed by atoms with Gasteiger partial charge < -0.3 is 20.1 Å². The summed E-state index contributed by atoms with van der Waals surface area (Å²) in [6, 6.07) is 9.64. The predicted octanol–water partition coefficient (Wildman–Crippen LogP) is 4.16. The Balaban J connectivity index is 1.44. The Morgan fingerprint density at radius 1 is 0.973 bits per heavy atom. The number of ether oxygens (including phenoxy) is 2. The fraction of sp³-hybridized carbons (Fsp3) is 0.320. The van der Waals surface area contributed by atoms with E-state index in [0.29, 0.717) is 23.2 Å². The summed E-state index contributed by atoms with van der Waals surface area (Å²) >= 11 is 0. The molecule has 12 nitrogen and oxygen atoms in total. The van der Waals surface area contributed by atoms with Gasteiger partial charge in [0.2, 0.25) is 0 Å². The van der Waals surface area contributed by atoms with Crippen LogP contribution in [-0.2, 0) is 18.8 Å². The lowest BCUT2D eigenvalue weighted by Crippen LogP contribution is -2.17. The Hall–Kier alpha value is -4.45. The number of benzene rings is 1. The molecule has 0 amide bonds. The van der Waals surface area contributed by atoms with Gasteiger partial charge >= 0.3 is 0 Å². The first-order valence-electron chi connectivity index (χ1n) is 12.1. The van der Waals surface area contributed by atoms with Crippen LogP contribution < -0.4 is 15.4 Å². The molecule has 12 heteroatoms. The van der Waals surface area contributed by atoms with Crippen molar-refractivity contribution in [3.8, 4) is 17.1 Å². The molecule has 1 saturated heterocycles. The molecule has 1 fully saturated rings. The predicted molar refractivity (Wildman–Crippen MR) is 139 cm³/mol. The van der Waals surface area contributed by atoms with Crippen LogP contribution in [0, 0.1) is 0 Å². The summed E-state index contributed by atoms with van der Waals surface area (Å²) in [6.45, 7) is 0.729. The molecular formula is C25H28N10O2. The van der Waals surface area contributed by atoms with Crippen LogP contribution in [-0.4, -0.2) is 52.8 Å². The molecule has 0 radical (unpaired) electrons. The molecule has 0 saturated carbocycles. The highest BCUT2D eigenvalue weighted by atomic mass is 16.5. The summed E-state index contributed by atoms with van der Waals surface area (Å²) in [4.78, 5) is 14.0. The first-order valence-corrected chi connectivity index (χ1v) is 12.1. The number of nitrogens with one attached hydrogen (secondary N) is 2. The third kappa shape index (κ3) is 4.47. The number of methoxy groups -OCH3 is 1. The van der Waals surface area contributed by atoms with Crippen molar-refractivity contribution in [2.75, 3.05) is 24.4 Å². The van der Waals surface area contributed by atoms with Crippen LogP contribution in [0.1, 0.15) is 25.5 Å². The van der Waals surface area contributed by atoms with Gasteiger partial charge in [-0.25, -0.2) is 15.0 Å². The lowest BCUT2D eigenvalue weighted by Gasteiger charge is -2.24. The molecule has 5 aromatic rings. The maximum atomic E-state index is 6.04. The number of para-hydroxylation sites is 1. The van der Waals surface area contributed by atoms with Crippen molar-refractivity contribution in [2.24, 2.45) is 14.1 Å². The molecule has 6 rings (SSSR count). The zero-order valence-corrected chi connectivity index (χ0v) is 20.9. The molecule has 1 atom stereocenters. The number of imidazole rings is 1. The van der Waals surface area contributed by atoms with Crippen molar-refractivity contribution in [3.63, 3.8) is 0 Å². The largest absolute Gasteiger partial charge is 0.494 e. The highest BCUT2D eigenvalue weighted by Gasteiger charge is 2.22. The lowest BCUT2D eigenvalue weighted by atomic mass is 10.1. The minimum Gasteiger partial charge on any atom is -0.494 e. The Bertz CT molecular complexity index is 1550.